The van der Waals surface area contributed by atoms with Crippen LogP contribution in [0.3, 0.4) is 0 Å². The fraction of sp³-hybridized carbons (Fsp3) is 0.564. The molecular formula is C39H56ClIN8O6. The van der Waals surface area contributed by atoms with Crippen molar-refractivity contribution in [2.75, 3.05) is 28.7 Å². The summed E-state index contributed by atoms with van der Waals surface area (Å²) in [4.78, 5) is 51.8. The third kappa shape index (κ3) is 10.9. The monoisotopic (exact) mass is 894 g/mol. The van der Waals surface area contributed by atoms with Crippen molar-refractivity contribution in [3.8, 4) is 0 Å². The molecule has 2 fully saturated rings. The fourth-order valence-electron chi connectivity index (χ4n) is 6.54. The van der Waals surface area contributed by atoms with E-state index in [1.54, 1.807) is 32.6 Å². The first kappa shape index (κ1) is 43.9. The lowest BCUT2D eigenvalue weighted by Crippen LogP contribution is -2.44. The van der Waals surface area contributed by atoms with Crippen molar-refractivity contribution < 1.29 is 18.4 Å². The highest BCUT2D eigenvalue weighted by molar-refractivity contribution is 14.1. The van der Waals surface area contributed by atoms with Gasteiger partial charge < -0.3 is 34.4 Å². The zero-order valence-electron chi connectivity index (χ0n) is 31.5. The lowest BCUT2D eigenvalue weighted by Gasteiger charge is -2.32. The molecule has 55 heavy (non-hydrogen) atoms. The number of fused-ring (bicyclic) bond motifs is 2. The van der Waals surface area contributed by atoms with Crippen LogP contribution in [0.2, 0.25) is 0 Å². The number of alkyl halides is 1. The Morgan fingerprint density at radius 2 is 1.38 bits per heavy atom. The quantitative estimate of drug-likeness (QED) is 0.127. The number of rotatable bonds is 8. The number of hydrogen-bond donors (Lipinski definition) is 3. The number of anilines is 2. The van der Waals surface area contributed by atoms with Gasteiger partial charge in [-0.25, -0.2) is 14.8 Å². The molecular weight excluding hydrogens is 839 g/mol. The largest absolute Gasteiger partial charge is 0.467 e. The molecule has 0 unspecified atom stereocenters. The summed E-state index contributed by atoms with van der Waals surface area (Å²) in [7, 11) is 0. The summed E-state index contributed by atoms with van der Waals surface area (Å²) < 4.78 is 19.7. The fourth-order valence-corrected chi connectivity index (χ4v) is 6.54. The molecule has 0 atom stereocenters. The Hall–Kier alpha value is -3.83. The van der Waals surface area contributed by atoms with E-state index < -0.39 is 11.7 Å². The topological polar surface area (TPSA) is 162 Å². The van der Waals surface area contributed by atoms with Crippen LogP contribution in [-0.2, 0) is 43.8 Å². The van der Waals surface area contributed by atoms with E-state index in [2.05, 4.69) is 38.5 Å². The third-order valence-corrected chi connectivity index (χ3v) is 9.82. The minimum atomic E-state index is -0.578. The van der Waals surface area contributed by atoms with E-state index in [0.29, 0.717) is 67.9 Å². The van der Waals surface area contributed by atoms with Crippen LogP contribution in [0, 0.1) is 0 Å². The van der Waals surface area contributed by atoms with E-state index in [-0.39, 0.29) is 37.5 Å². The summed E-state index contributed by atoms with van der Waals surface area (Å²) in [6.07, 6.45) is 11.1. The summed E-state index contributed by atoms with van der Waals surface area (Å²) >= 11 is 2.15. The van der Waals surface area contributed by atoms with Crippen LogP contribution in [-0.4, -0.2) is 65.8 Å². The highest BCUT2D eigenvalue weighted by Crippen LogP contribution is 2.26. The number of ether oxygens (including phenoxy) is 1. The Morgan fingerprint density at radius 1 is 0.873 bits per heavy atom. The molecule has 302 valence electrons. The Kier molecular flexibility index (Phi) is 15.8. The molecule has 8 rings (SSSR count). The molecule has 4 aromatic rings. The maximum atomic E-state index is 13.4. The van der Waals surface area contributed by atoms with Crippen molar-refractivity contribution in [1.29, 1.82) is 0 Å². The minimum absolute atomic E-state index is 0. The summed E-state index contributed by atoms with van der Waals surface area (Å²) in [5.41, 5.74) is 2.35. The van der Waals surface area contributed by atoms with Crippen LogP contribution in [0.1, 0.15) is 101 Å². The molecule has 4 aliphatic rings. The van der Waals surface area contributed by atoms with Gasteiger partial charge in [-0.1, -0.05) is 30.0 Å². The van der Waals surface area contributed by atoms with Crippen molar-refractivity contribution in [2.45, 2.75) is 123 Å². The smallest absolute Gasteiger partial charge is 0.410 e. The second-order valence-electron chi connectivity index (χ2n) is 14.8. The summed E-state index contributed by atoms with van der Waals surface area (Å²) in [5, 5.41) is 10.1. The van der Waals surface area contributed by atoms with Gasteiger partial charge in [0.2, 0.25) is 11.9 Å². The molecule has 2 aliphatic carbocycles. The summed E-state index contributed by atoms with van der Waals surface area (Å²) in [5.74, 6) is 2.72. The number of amides is 1. The molecule has 2 aliphatic heterocycles. The van der Waals surface area contributed by atoms with Crippen LogP contribution in [0.15, 0.2) is 55.2 Å². The summed E-state index contributed by atoms with van der Waals surface area (Å²) in [6.45, 7) is 8.39. The Labute approximate surface area is 342 Å². The predicted octanol–water partition coefficient (Wildman–Crippen LogP) is 6.75. The van der Waals surface area contributed by atoms with Gasteiger partial charge >= 0.3 is 6.09 Å². The normalized spacial score (nSPS) is 16.1. The first-order valence-corrected chi connectivity index (χ1v) is 20.7. The van der Waals surface area contributed by atoms with E-state index in [1.165, 1.54) is 12.8 Å². The molecule has 6 heterocycles. The Morgan fingerprint density at radius 3 is 1.84 bits per heavy atom. The second-order valence-corrected chi connectivity index (χ2v) is 14.8. The maximum Gasteiger partial charge on any atom is 0.410 e. The number of nitrogens with zero attached hydrogens (tertiary/aromatic N) is 5. The van der Waals surface area contributed by atoms with Gasteiger partial charge in [0.25, 0.3) is 11.1 Å². The third-order valence-electron chi connectivity index (χ3n) is 9.82. The van der Waals surface area contributed by atoms with Crippen LogP contribution in [0.5, 0.6) is 0 Å². The minimum Gasteiger partial charge on any atom is -0.467 e. The molecule has 0 saturated heterocycles. The summed E-state index contributed by atoms with van der Waals surface area (Å²) in [6, 6.07) is 8.16. The van der Waals surface area contributed by atoms with E-state index in [4.69, 9.17) is 23.5 Å². The molecule has 4 aromatic heterocycles. The lowest BCUT2D eigenvalue weighted by atomic mass is 9.93. The number of furan rings is 2. The van der Waals surface area contributed by atoms with Gasteiger partial charge in [-0.05, 0) is 88.5 Å². The molecule has 0 spiro atoms. The van der Waals surface area contributed by atoms with E-state index >= 15 is 0 Å². The molecule has 0 aromatic carbocycles. The molecule has 14 nitrogen and oxygen atoms in total. The number of carbonyl (C=O) groups excluding carboxylic acids is 1. The standard InChI is InChI=1S/C21H28N4O4.C16H20N4O2.CH3I.CH4.ClH/c1-21(2,3)29-20(27)24-10-9-17-16(13-24)18(26)25(12-15-8-5-11-28-15)19(23-17)22-14-6-4-7-14;21-15-13-9-17-7-6-14(13)19-16(18-11-3-1-4-11)20(15)10-12-5-2-8-22-12;1-2;;/h5,8,11,14H,4,6-7,9-10,12-13H2,1-3H3,(H,22,23);2,5,8,11,17H,1,3-4,6-7,9-10H2,(H,18,19);1H3;1H4;1H. The Balaban J connectivity index is 0.000000233. The molecule has 16 heteroatoms. The first-order chi connectivity index (χ1) is 25.6. The van der Waals surface area contributed by atoms with E-state index in [0.717, 1.165) is 61.4 Å². The van der Waals surface area contributed by atoms with Crippen molar-refractivity contribution in [1.82, 2.24) is 29.3 Å². The van der Waals surface area contributed by atoms with Crippen molar-refractivity contribution in [3.05, 3.63) is 91.5 Å². The van der Waals surface area contributed by atoms with E-state index in [1.807, 2.05) is 43.9 Å². The maximum absolute atomic E-state index is 13.4. The van der Waals surface area contributed by atoms with Crippen molar-refractivity contribution in [2.24, 2.45) is 0 Å². The van der Waals surface area contributed by atoms with Gasteiger partial charge in [0.15, 0.2) is 0 Å². The first-order valence-electron chi connectivity index (χ1n) is 18.5. The number of nitrogens with one attached hydrogen (secondary N) is 3. The molecule has 2 saturated carbocycles. The average Bonchev–Trinajstić information content (AvgIpc) is 3.83. The highest BCUT2D eigenvalue weighted by Gasteiger charge is 2.30. The number of hydrogen-bond acceptors (Lipinski definition) is 11. The van der Waals surface area contributed by atoms with Gasteiger partial charge in [-0.15, -0.1) is 12.4 Å². The van der Waals surface area contributed by atoms with Gasteiger partial charge in [0.1, 0.15) is 17.1 Å². The van der Waals surface area contributed by atoms with Gasteiger partial charge in [0, 0.05) is 44.6 Å². The van der Waals surface area contributed by atoms with Crippen molar-refractivity contribution in [3.63, 3.8) is 0 Å². The lowest BCUT2D eigenvalue weighted by molar-refractivity contribution is 0.0221. The zero-order chi connectivity index (χ0) is 37.5. The molecule has 3 N–H and O–H groups in total. The Bertz CT molecular complexity index is 1950. The SMILES string of the molecule is C.CC(C)(C)OC(=O)N1CCc2nc(NC3CCC3)n(Cc3ccco3)c(=O)c2C1.CI.Cl.O=c1c2c(nc(NC3CCC3)n1Cc1ccco1)CCNC2. The van der Waals surface area contributed by atoms with Crippen LogP contribution < -0.4 is 27.1 Å². The molecule has 1 amide bonds. The van der Waals surface area contributed by atoms with Crippen LogP contribution >= 0.6 is 35.0 Å². The van der Waals surface area contributed by atoms with Crippen LogP contribution in [0.25, 0.3) is 0 Å². The number of halogens is 2. The average molecular weight is 895 g/mol. The number of aromatic nitrogens is 4. The number of carbonyl (C=O) groups is 1. The molecule has 0 bridgehead atoms. The zero-order valence-corrected chi connectivity index (χ0v) is 34.5. The van der Waals surface area contributed by atoms with Gasteiger partial charge in [-0.3, -0.25) is 18.7 Å². The predicted molar refractivity (Wildman–Crippen MR) is 225 cm³/mol. The second kappa shape index (κ2) is 19.9. The van der Waals surface area contributed by atoms with Gasteiger partial charge in [0.05, 0.1) is 54.7 Å². The van der Waals surface area contributed by atoms with Crippen LogP contribution in [0.4, 0.5) is 16.7 Å². The highest BCUT2D eigenvalue weighted by atomic mass is 127. The molecule has 0 radical (unpaired) electrons. The van der Waals surface area contributed by atoms with Crippen molar-refractivity contribution >= 4 is 53.0 Å². The van der Waals surface area contributed by atoms with E-state index in [9.17, 15) is 14.4 Å². The van der Waals surface area contributed by atoms with Gasteiger partial charge in [-0.2, -0.15) is 0 Å².